The maximum absolute atomic E-state index is 12.8. The number of hydrogen-bond donors (Lipinski definition) is 1. The predicted molar refractivity (Wildman–Crippen MR) is 69.6 cm³/mol. The van der Waals surface area contributed by atoms with E-state index >= 15 is 0 Å². The zero-order valence-electron chi connectivity index (χ0n) is 9.75. The van der Waals surface area contributed by atoms with Gasteiger partial charge in [0.2, 0.25) is 10.0 Å². The number of sulfonamides is 1. The lowest BCUT2D eigenvalue weighted by Gasteiger charge is -2.29. The van der Waals surface area contributed by atoms with Gasteiger partial charge in [0.05, 0.1) is 4.90 Å². The summed E-state index contributed by atoms with van der Waals surface area (Å²) in [5.41, 5.74) is 5.76. The van der Waals surface area contributed by atoms with Crippen LogP contribution in [0.1, 0.15) is 12.8 Å². The highest BCUT2D eigenvalue weighted by Gasteiger charge is 2.28. The maximum atomic E-state index is 12.8. The van der Waals surface area contributed by atoms with E-state index in [0.29, 0.717) is 13.1 Å². The second-order valence-electron chi connectivity index (χ2n) is 4.22. The fourth-order valence-corrected chi connectivity index (χ4v) is 3.48. The third-order valence-electron chi connectivity index (χ3n) is 2.87. The monoisotopic (exact) mass is 294 g/mol. The molecule has 1 aliphatic heterocycles. The first-order valence-electron chi connectivity index (χ1n) is 5.51. The number of rotatable bonds is 2. The quantitative estimate of drug-likeness (QED) is 0.896. The molecule has 0 amide bonds. The van der Waals surface area contributed by atoms with Crippen molar-refractivity contribution in [2.75, 3.05) is 13.1 Å². The number of nitrogens with zero attached hydrogens (tertiary/aromatic N) is 1. The van der Waals surface area contributed by atoms with Gasteiger partial charge in [-0.3, -0.25) is 0 Å². The summed E-state index contributed by atoms with van der Waals surface area (Å²) >= 11 is 0. The van der Waals surface area contributed by atoms with Crippen molar-refractivity contribution in [1.82, 2.24) is 4.31 Å². The Morgan fingerprint density at radius 3 is 2.44 bits per heavy atom. The summed E-state index contributed by atoms with van der Waals surface area (Å²) < 4.78 is 38.5. The first kappa shape index (κ1) is 15.4. The van der Waals surface area contributed by atoms with Gasteiger partial charge in [-0.15, -0.1) is 12.4 Å². The van der Waals surface area contributed by atoms with Crippen molar-refractivity contribution in [2.24, 2.45) is 5.73 Å². The average Bonchev–Trinajstić information content (AvgIpc) is 2.29. The lowest BCUT2D eigenvalue weighted by atomic mass is 10.1. The third kappa shape index (κ3) is 3.20. The zero-order chi connectivity index (χ0) is 12.5. The van der Waals surface area contributed by atoms with Crippen LogP contribution >= 0.6 is 12.4 Å². The molecule has 102 valence electrons. The van der Waals surface area contributed by atoms with Crippen molar-refractivity contribution in [3.05, 3.63) is 30.1 Å². The van der Waals surface area contributed by atoms with E-state index in [9.17, 15) is 12.8 Å². The molecule has 0 spiro atoms. The summed E-state index contributed by atoms with van der Waals surface area (Å²) in [7, 11) is -3.53. The van der Waals surface area contributed by atoms with Crippen molar-refractivity contribution in [3.8, 4) is 0 Å². The summed E-state index contributed by atoms with van der Waals surface area (Å²) in [5.74, 6) is -0.445. The molecule has 18 heavy (non-hydrogen) atoms. The van der Waals surface area contributed by atoms with Crippen LogP contribution in [0.3, 0.4) is 0 Å². The molecule has 0 aromatic heterocycles. The van der Waals surface area contributed by atoms with Crippen molar-refractivity contribution >= 4 is 22.4 Å². The smallest absolute Gasteiger partial charge is 0.243 e. The van der Waals surface area contributed by atoms with Crippen molar-refractivity contribution in [2.45, 2.75) is 23.8 Å². The van der Waals surface area contributed by atoms with Crippen LogP contribution in [-0.2, 0) is 10.0 Å². The molecule has 1 aromatic carbocycles. The topological polar surface area (TPSA) is 63.4 Å². The largest absolute Gasteiger partial charge is 0.327 e. The third-order valence-corrected chi connectivity index (χ3v) is 4.75. The van der Waals surface area contributed by atoms with Gasteiger partial charge in [-0.1, -0.05) is 0 Å². The standard InChI is InChI=1S/C11H15FN2O2S.ClH/c12-9-3-5-11(6-4-9)17(15,16)14-7-1-2-10(13)8-14;/h3-6,10H,1-2,7-8,13H2;1H/t10-;/m1./s1. The van der Waals surface area contributed by atoms with Crippen molar-refractivity contribution in [3.63, 3.8) is 0 Å². The minimum atomic E-state index is -3.53. The number of hydrogen-bond acceptors (Lipinski definition) is 3. The Bertz CT molecular complexity index is 492. The summed E-state index contributed by atoms with van der Waals surface area (Å²) in [5, 5.41) is 0. The molecule has 0 aliphatic carbocycles. The molecule has 0 radical (unpaired) electrons. The van der Waals surface area contributed by atoms with E-state index in [-0.39, 0.29) is 23.3 Å². The number of benzene rings is 1. The lowest BCUT2D eigenvalue weighted by molar-refractivity contribution is 0.316. The van der Waals surface area contributed by atoms with E-state index < -0.39 is 15.8 Å². The van der Waals surface area contributed by atoms with Gasteiger partial charge < -0.3 is 5.73 Å². The van der Waals surface area contributed by atoms with Crippen molar-refractivity contribution in [1.29, 1.82) is 0 Å². The molecule has 4 nitrogen and oxygen atoms in total. The van der Waals surface area contributed by atoms with E-state index in [0.717, 1.165) is 25.0 Å². The molecular formula is C11H16ClFN2O2S. The Hall–Kier alpha value is -0.690. The van der Waals surface area contributed by atoms with Crippen LogP contribution in [0.2, 0.25) is 0 Å². The van der Waals surface area contributed by atoms with Gasteiger partial charge in [-0.25, -0.2) is 12.8 Å². The molecule has 2 rings (SSSR count). The van der Waals surface area contributed by atoms with E-state index in [2.05, 4.69) is 0 Å². The highest BCUT2D eigenvalue weighted by molar-refractivity contribution is 7.89. The van der Waals surface area contributed by atoms with Gasteiger partial charge in [0.15, 0.2) is 0 Å². The summed E-state index contributed by atoms with van der Waals surface area (Å²) in [6, 6.07) is 4.75. The SMILES string of the molecule is Cl.N[C@@H]1CCCN(S(=O)(=O)c2ccc(F)cc2)C1. The Morgan fingerprint density at radius 1 is 1.28 bits per heavy atom. The molecule has 1 heterocycles. The lowest BCUT2D eigenvalue weighted by Crippen LogP contribution is -2.45. The molecule has 1 aliphatic rings. The van der Waals surface area contributed by atoms with Gasteiger partial charge in [0, 0.05) is 19.1 Å². The van der Waals surface area contributed by atoms with Crippen LogP contribution in [0.4, 0.5) is 4.39 Å². The Labute approximate surface area is 112 Å². The van der Waals surface area contributed by atoms with Gasteiger partial charge in [0.1, 0.15) is 5.82 Å². The van der Waals surface area contributed by atoms with E-state index in [1.54, 1.807) is 0 Å². The average molecular weight is 295 g/mol. The highest BCUT2D eigenvalue weighted by Crippen LogP contribution is 2.20. The van der Waals surface area contributed by atoms with Crippen LogP contribution < -0.4 is 5.73 Å². The van der Waals surface area contributed by atoms with E-state index in [1.807, 2.05) is 0 Å². The second kappa shape index (κ2) is 5.97. The molecule has 1 atom stereocenters. The molecule has 1 fully saturated rings. The van der Waals surface area contributed by atoms with Gasteiger partial charge >= 0.3 is 0 Å². The number of piperidine rings is 1. The summed E-state index contributed by atoms with van der Waals surface area (Å²) in [4.78, 5) is 0.119. The molecule has 7 heteroatoms. The van der Waals surface area contributed by atoms with E-state index in [1.165, 1.54) is 16.4 Å². The van der Waals surface area contributed by atoms with Crippen LogP contribution in [0.5, 0.6) is 0 Å². The molecule has 0 unspecified atom stereocenters. The Kier molecular flexibility index (Phi) is 5.10. The molecule has 2 N–H and O–H groups in total. The molecule has 0 bridgehead atoms. The summed E-state index contributed by atoms with van der Waals surface area (Å²) in [6.07, 6.45) is 1.61. The predicted octanol–water partition coefficient (Wildman–Crippen LogP) is 1.36. The minimum absolute atomic E-state index is 0. The molecule has 0 saturated carbocycles. The van der Waals surface area contributed by atoms with Gasteiger partial charge in [0.25, 0.3) is 0 Å². The van der Waals surface area contributed by atoms with Gasteiger partial charge in [-0.05, 0) is 37.1 Å². The van der Waals surface area contributed by atoms with Crippen LogP contribution in [0.25, 0.3) is 0 Å². The second-order valence-corrected chi connectivity index (χ2v) is 6.16. The fourth-order valence-electron chi connectivity index (χ4n) is 1.95. The first-order chi connectivity index (χ1) is 8.00. The summed E-state index contributed by atoms with van der Waals surface area (Å²) in [6.45, 7) is 0.813. The number of nitrogens with two attached hydrogens (primary N) is 1. The molecule has 1 saturated heterocycles. The van der Waals surface area contributed by atoms with Gasteiger partial charge in [-0.2, -0.15) is 4.31 Å². The van der Waals surface area contributed by atoms with Crippen LogP contribution in [-0.4, -0.2) is 31.9 Å². The van der Waals surface area contributed by atoms with Crippen molar-refractivity contribution < 1.29 is 12.8 Å². The zero-order valence-corrected chi connectivity index (χ0v) is 11.4. The van der Waals surface area contributed by atoms with Crippen LogP contribution in [0, 0.1) is 5.82 Å². The highest BCUT2D eigenvalue weighted by atomic mass is 35.5. The first-order valence-corrected chi connectivity index (χ1v) is 6.95. The Balaban J connectivity index is 0.00000162. The fraction of sp³-hybridized carbons (Fsp3) is 0.455. The minimum Gasteiger partial charge on any atom is -0.327 e. The maximum Gasteiger partial charge on any atom is 0.243 e. The van der Waals surface area contributed by atoms with E-state index in [4.69, 9.17) is 5.73 Å². The van der Waals surface area contributed by atoms with Crippen LogP contribution in [0.15, 0.2) is 29.2 Å². The molecule has 1 aromatic rings. The Morgan fingerprint density at radius 2 is 1.89 bits per heavy atom. The number of halogens is 2. The molecular weight excluding hydrogens is 279 g/mol. The normalized spacial score (nSPS) is 21.3.